The van der Waals surface area contributed by atoms with Crippen molar-refractivity contribution in [1.82, 2.24) is 9.88 Å². The SMILES string of the molecule is CN1CCCC(Cc2ccnc(-c3cccc(C(=O)O)c3)c2)C1. The number of carboxylic acid groups (broad SMARTS) is 1. The van der Waals surface area contributed by atoms with Crippen molar-refractivity contribution in [3.8, 4) is 11.3 Å². The Balaban J connectivity index is 1.79. The molecule has 3 rings (SSSR count). The molecular formula is C19H22N2O2. The lowest BCUT2D eigenvalue weighted by atomic mass is 9.91. The van der Waals surface area contributed by atoms with Gasteiger partial charge in [0.1, 0.15) is 0 Å². The second-order valence-electron chi connectivity index (χ2n) is 6.41. The molecule has 23 heavy (non-hydrogen) atoms. The van der Waals surface area contributed by atoms with Gasteiger partial charge in [0.15, 0.2) is 0 Å². The van der Waals surface area contributed by atoms with E-state index in [0.29, 0.717) is 11.5 Å². The lowest BCUT2D eigenvalue weighted by Crippen LogP contribution is -2.32. The standard InChI is InChI=1S/C19H22N2O2/c1-21-9-3-4-15(13-21)10-14-7-8-20-18(11-14)16-5-2-6-17(12-16)19(22)23/h2,5-8,11-12,15H,3-4,9-10,13H2,1H3,(H,22,23). The van der Waals surface area contributed by atoms with E-state index in [2.05, 4.69) is 29.1 Å². The van der Waals surface area contributed by atoms with Gasteiger partial charge in [-0.3, -0.25) is 4.98 Å². The molecule has 2 heterocycles. The van der Waals surface area contributed by atoms with E-state index in [1.807, 2.05) is 12.3 Å². The molecule has 1 aromatic heterocycles. The second-order valence-corrected chi connectivity index (χ2v) is 6.41. The van der Waals surface area contributed by atoms with Crippen molar-refractivity contribution in [2.45, 2.75) is 19.3 Å². The van der Waals surface area contributed by atoms with Crippen LogP contribution >= 0.6 is 0 Å². The van der Waals surface area contributed by atoms with Crippen LogP contribution in [0.2, 0.25) is 0 Å². The Hall–Kier alpha value is -2.20. The Kier molecular flexibility index (Phi) is 4.72. The Morgan fingerprint density at radius 1 is 1.35 bits per heavy atom. The largest absolute Gasteiger partial charge is 0.478 e. The number of nitrogens with zero attached hydrogens (tertiary/aromatic N) is 2. The maximum atomic E-state index is 11.1. The second kappa shape index (κ2) is 6.92. The Labute approximate surface area is 136 Å². The summed E-state index contributed by atoms with van der Waals surface area (Å²) in [6, 6.07) is 11.1. The van der Waals surface area contributed by atoms with Gasteiger partial charge >= 0.3 is 5.97 Å². The molecule has 1 aliphatic rings. The van der Waals surface area contributed by atoms with E-state index in [-0.39, 0.29) is 0 Å². The van der Waals surface area contributed by atoms with E-state index in [1.165, 1.54) is 24.9 Å². The zero-order chi connectivity index (χ0) is 16.2. The van der Waals surface area contributed by atoms with Gasteiger partial charge in [0.25, 0.3) is 0 Å². The maximum absolute atomic E-state index is 11.1. The number of carbonyl (C=O) groups is 1. The number of benzene rings is 1. The molecule has 0 spiro atoms. The first kappa shape index (κ1) is 15.7. The van der Waals surface area contributed by atoms with Crippen molar-refractivity contribution in [3.63, 3.8) is 0 Å². The molecule has 0 amide bonds. The predicted molar refractivity (Wildman–Crippen MR) is 90.6 cm³/mol. The first-order valence-electron chi connectivity index (χ1n) is 8.09. The summed E-state index contributed by atoms with van der Waals surface area (Å²) < 4.78 is 0. The lowest BCUT2D eigenvalue weighted by Gasteiger charge is -2.29. The van der Waals surface area contributed by atoms with Crippen LogP contribution in [-0.4, -0.2) is 41.1 Å². The molecule has 1 aliphatic heterocycles. The van der Waals surface area contributed by atoms with Crippen LogP contribution in [0.15, 0.2) is 42.6 Å². The summed E-state index contributed by atoms with van der Waals surface area (Å²) >= 11 is 0. The van der Waals surface area contributed by atoms with Crippen LogP contribution in [0.4, 0.5) is 0 Å². The van der Waals surface area contributed by atoms with Crippen LogP contribution in [0.3, 0.4) is 0 Å². The highest BCUT2D eigenvalue weighted by atomic mass is 16.4. The van der Waals surface area contributed by atoms with Gasteiger partial charge in [-0.15, -0.1) is 0 Å². The van der Waals surface area contributed by atoms with Gasteiger partial charge in [-0.1, -0.05) is 12.1 Å². The third-order valence-electron chi connectivity index (χ3n) is 4.48. The third-order valence-corrected chi connectivity index (χ3v) is 4.48. The molecule has 0 aliphatic carbocycles. The van der Waals surface area contributed by atoms with E-state index in [1.54, 1.807) is 18.2 Å². The van der Waals surface area contributed by atoms with E-state index in [0.717, 1.165) is 24.2 Å². The molecule has 4 nitrogen and oxygen atoms in total. The lowest BCUT2D eigenvalue weighted by molar-refractivity contribution is 0.0697. The van der Waals surface area contributed by atoms with Gasteiger partial charge < -0.3 is 10.0 Å². The van der Waals surface area contributed by atoms with Gasteiger partial charge in [-0.2, -0.15) is 0 Å². The number of carboxylic acids is 1. The summed E-state index contributed by atoms with van der Waals surface area (Å²) in [4.78, 5) is 17.9. The zero-order valence-corrected chi connectivity index (χ0v) is 13.4. The number of hydrogen-bond donors (Lipinski definition) is 1. The highest BCUT2D eigenvalue weighted by Crippen LogP contribution is 2.23. The fraction of sp³-hybridized carbons (Fsp3) is 0.368. The number of aromatic carboxylic acids is 1. The zero-order valence-electron chi connectivity index (χ0n) is 13.4. The molecule has 1 aromatic carbocycles. The van der Waals surface area contributed by atoms with Gasteiger partial charge in [-0.05, 0) is 68.6 Å². The van der Waals surface area contributed by atoms with Crippen molar-refractivity contribution in [2.75, 3.05) is 20.1 Å². The third kappa shape index (κ3) is 3.96. The molecule has 0 radical (unpaired) electrons. The Morgan fingerprint density at radius 3 is 3.00 bits per heavy atom. The van der Waals surface area contributed by atoms with Crippen molar-refractivity contribution in [3.05, 3.63) is 53.7 Å². The van der Waals surface area contributed by atoms with Crippen LogP contribution in [0, 0.1) is 5.92 Å². The number of pyridine rings is 1. The molecule has 1 fully saturated rings. The van der Waals surface area contributed by atoms with Crippen molar-refractivity contribution in [2.24, 2.45) is 5.92 Å². The van der Waals surface area contributed by atoms with Gasteiger partial charge in [0, 0.05) is 18.3 Å². The van der Waals surface area contributed by atoms with Gasteiger partial charge in [0.2, 0.25) is 0 Å². The molecule has 4 heteroatoms. The predicted octanol–water partition coefficient (Wildman–Crippen LogP) is 3.33. The molecule has 1 atom stereocenters. The van der Waals surface area contributed by atoms with E-state index in [9.17, 15) is 4.79 Å². The minimum absolute atomic E-state index is 0.295. The number of hydrogen-bond acceptors (Lipinski definition) is 3. The monoisotopic (exact) mass is 310 g/mol. The minimum Gasteiger partial charge on any atom is -0.478 e. The number of likely N-dealkylation sites (tertiary alicyclic amines) is 1. The normalized spacial score (nSPS) is 18.7. The molecular weight excluding hydrogens is 288 g/mol. The van der Waals surface area contributed by atoms with Crippen LogP contribution in [0.25, 0.3) is 11.3 Å². The van der Waals surface area contributed by atoms with E-state index >= 15 is 0 Å². The molecule has 0 bridgehead atoms. The first-order chi connectivity index (χ1) is 11.1. The smallest absolute Gasteiger partial charge is 0.335 e. The minimum atomic E-state index is -0.909. The average Bonchev–Trinajstić information content (AvgIpc) is 2.55. The van der Waals surface area contributed by atoms with Gasteiger partial charge in [0.05, 0.1) is 11.3 Å². The van der Waals surface area contributed by atoms with Crippen molar-refractivity contribution in [1.29, 1.82) is 0 Å². The topological polar surface area (TPSA) is 53.4 Å². The van der Waals surface area contributed by atoms with Gasteiger partial charge in [-0.25, -0.2) is 4.79 Å². The van der Waals surface area contributed by atoms with Crippen LogP contribution in [-0.2, 0) is 6.42 Å². The highest BCUT2D eigenvalue weighted by Gasteiger charge is 2.17. The Morgan fingerprint density at radius 2 is 2.22 bits per heavy atom. The number of aromatic nitrogens is 1. The van der Waals surface area contributed by atoms with Crippen LogP contribution in [0.5, 0.6) is 0 Å². The molecule has 1 N–H and O–H groups in total. The summed E-state index contributed by atoms with van der Waals surface area (Å²) in [5.41, 5.74) is 3.27. The fourth-order valence-corrected chi connectivity index (χ4v) is 3.34. The summed E-state index contributed by atoms with van der Waals surface area (Å²) in [6.45, 7) is 2.34. The van der Waals surface area contributed by atoms with E-state index < -0.39 is 5.97 Å². The number of rotatable bonds is 4. The summed E-state index contributed by atoms with van der Waals surface area (Å²) in [6.07, 6.45) is 5.42. The molecule has 2 aromatic rings. The fourth-order valence-electron chi connectivity index (χ4n) is 3.34. The average molecular weight is 310 g/mol. The van der Waals surface area contributed by atoms with Crippen LogP contribution < -0.4 is 0 Å². The molecule has 1 unspecified atom stereocenters. The highest BCUT2D eigenvalue weighted by molar-refractivity contribution is 5.89. The Bertz CT molecular complexity index is 699. The van der Waals surface area contributed by atoms with Crippen molar-refractivity contribution < 1.29 is 9.90 Å². The van der Waals surface area contributed by atoms with Crippen LogP contribution in [0.1, 0.15) is 28.8 Å². The summed E-state index contributed by atoms with van der Waals surface area (Å²) in [5.74, 6) is -0.220. The summed E-state index contributed by atoms with van der Waals surface area (Å²) in [5, 5.41) is 9.13. The first-order valence-corrected chi connectivity index (χ1v) is 8.09. The molecule has 1 saturated heterocycles. The molecule has 0 saturated carbocycles. The quantitative estimate of drug-likeness (QED) is 0.941. The van der Waals surface area contributed by atoms with Crippen molar-refractivity contribution >= 4 is 5.97 Å². The molecule has 120 valence electrons. The maximum Gasteiger partial charge on any atom is 0.335 e. The summed E-state index contributed by atoms with van der Waals surface area (Å²) in [7, 11) is 2.18. The van der Waals surface area contributed by atoms with E-state index in [4.69, 9.17) is 5.11 Å². The number of piperidine rings is 1.